The number of hydrogen-bond donors (Lipinski definition) is 3. The molecule has 0 bridgehead atoms. The van der Waals surface area contributed by atoms with Crippen molar-refractivity contribution in [3.63, 3.8) is 0 Å². The topological polar surface area (TPSA) is 70.1 Å². The van der Waals surface area contributed by atoms with Gasteiger partial charge in [0.2, 0.25) is 5.95 Å². The number of aliphatic hydroxyl groups is 1. The lowest BCUT2D eigenvalue weighted by Gasteiger charge is -2.37. The monoisotopic (exact) mass is 250 g/mol. The molecule has 5 nitrogen and oxygen atoms in total. The van der Waals surface area contributed by atoms with Gasteiger partial charge in [0.1, 0.15) is 5.82 Å². The van der Waals surface area contributed by atoms with Gasteiger partial charge in [-0.3, -0.25) is 0 Å². The van der Waals surface area contributed by atoms with Crippen LogP contribution in [0.4, 0.5) is 11.8 Å². The third kappa shape index (κ3) is 3.10. The first-order chi connectivity index (χ1) is 8.72. The molecule has 100 valence electrons. The second-order valence-electron chi connectivity index (χ2n) is 4.84. The molecule has 1 aromatic heterocycles. The Labute approximate surface area is 108 Å². The number of aromatic nitrogens is 2. The van der Waals surface area contributed by atoms with Gasteiger partial charge in [-0.15, -0.1) is 0 Å². The van der Waals surface area contributed by atoms with Gasteiger partial charge in [-0.1, -0.05) is 6.92 Å². The van der Waals surface area contributed by atoms with Crippen LogP contribution in [-0.2, 0) is 0 Å². The van der Waals surface area contributed by atoms with E-state index in [2.05, 4.69) is 27.5 Å². The van der Waals surface area contributed by atoms with Crippen molar-refractivity contribution in [2.45, 2.75) is 45.3 Å². The molecule has 2 rings (SSSR count). The van der Waals surface area contributed by atoms with E-state index >= 15 is 0 Å². The Kier molecular flexibility index (Phi) is 4.36. The van der Waals surface area contributed by atoms with Crippen LogP contribution in [0.1, 0.15) is 33.1 Å². The molecule has 1 heterocycles. The van der Waals surface area contributed by atoms with E-state index in [-0.39, 0.29) is 6.10 Å². The van der Waals surface area contributed by atoms with Crippen molar-refractivity contribution in [2.24, 2.45) is 5.92 Å². The van der Waals surface area contributed by atoms with E-state index in [0.717, 1.165) is 31.6 Å². The number of nitrogens with zero attached hydrogens (tertiary/aromatic N) is 2. The average Bonchev–Trinajstić information content (AvgIpc) is 2.33. The molecule has 3 N–H and O–H groups in total. The molecule has 1 aliphatic rings. The first-order valence-corrected chi connectivity index (χ1v) is 6.74. The highest BCUT2D eigenvalue weighted by Gasteiger charge is 2.33. The summed E-state index contributed by atoms with van der Waals surface area (Å²) >= 11 is 0. The van der Waals surface area contributed by atoms with Crippen molar-refractivity contribution >= 4 is 11.8 Å². The van der Waals surface area contributed by atoms with E-state index in [1.54, 1.807) is 6.20 Å². The van der Waals surface area contributed by atoms with Crippen molar-refractivity contribution in [3.05, 3.63) is 12.3 Å². The van der Waals surface area contributed by atoms with E-state index in [9.17, 15) is 5.11 Å². The molecule has 0 amide bonds. The first-order valence-electron chi connectivity index (χ1n) is 6.74. The summed E-state index contributed by atoms with van der Waals surface area (Å²) in [6.45, 7) is 5.04. The van der Waals surface area contributed by atoms with Gasteiger partial charge in [-0.2, -0.15) is 4.98 Å². The van der Waals surface area contributed by atoms with Crippen molar-refractivity contribution in [3.8, 4) is 0 Å². The van der Waals surface area contributed by atoms with Crippen LogP contribution in [0.25, 0.3) is 0 Å². The summed E-state index contributed by atoms with van der Waals surface area (Å²) in [6.07, 6.45) is 4.44. The lowest BCUT2D eigenvalue weighted by Crippen LogP contribution is -2.41. The van der Waals surface area contributed by atoms with E-state index in [1.807, 2.05) is 13.0 Å². The molecule has 5 heteroatoms. The van der Waals surface area contributed by atoms with E-state index in [4.69, 9.17) is 0 Å². The Balaban J connectivity index is 1.96. The molecular formula is C13H22N4O. The summed E-state index contributed by atoms with van der Waals surface area (Å²) < 4.78 is 0. The van der Waals surface area contributed by atoms with E-state index < -0.39 is 0 Å². The molecule has 1 aliphatic carbocycles. The quantitative estimate of drug-likeness (QED) is 0.719. The number of rotatable bonds is 6. The van der Waals surface area contributed by atoms with Gasteiger partial charge in [0.05, 0.1) is 6.10 Å². The fourth-order valence-corrected chi connectivity index (χ4v) is 2.39. The summed E-state index contributed by atoms with van der Waals surface area (Å²) in [7, 11) is 0. The lowest BCUT2D eigenvalue weighted by atomic mass is 9.76. The van der Waals surface area contributed by atoms with Gasteiger partial charge in [0.25, 0.3) is 0 Å². The molecule has 0 saturated heterocycles. The number of nitrogens with one attached hydrogen (secondary N) is 2. The number of anilines is 2. The summed E-state index contributed by atoms with van der Waals surface area (Å²) in [5.41, 5.74) is 0. The third-order valence-electron chi connectivity index (χ3n) is 3.49. The third-order valence-corrected chi connectivity index (χ3v) is 3.49. The predicted molar refractivity (Wildman–Crippen MR) is 72.6 cm³/mol. The highest BCUT2D eigenvalue weighted by Crippen LogP contribution is 2.32. The van der Waals surface area contributed by atoms with Crippen LogP contribution in [0.15, 0.2) is 12.3 Å². The molecule has 1 saturated carbocycles. The highest BCUT2D eigenvalue weighted by molar-refractivity contribution is 5.39. The van der Waals surface area contributed by atoms with Crippen LogP contribution < -0.4 is 10.6 Å². The largest absolute Gasteiger partial charge is 0.393 e. The Hall–Kier alpha value is -1.36. The van der Waals surface area contributed by atoms with Crippen LogP contribution in [0.3, 0.4) is 0 Å². The zero-order valence-electron chi connectivity index (χ0n) is 11.1. The second kappa shape index (κ2) is 6.00. The first kappa shape index (κ1) is 13.1. The van der Waals surface area contributed by atoms with Gasteiger partial charge in [-0.05, 0) is 38.2 Å². The fraction of sp³-hybridized carbons (Fsp3) is 0.692. The number of aliphatic hydroxyl groups excluding tert-OH is 1. The Morgan fingerprint density at radius 3 is 2.83 bits per heavy atom. The van der Waals surface area contributed by atoms with Crippen molar-refractivity contribution < 1.29 is 5.11 Å². The molecule has 0 aliphatic heterocycles. The molecule has 0 radical (unpaired) electrons. The lowest BCUT2D eigenvalue weighted by molar-refractivity contribution is 0.0336. The fourth-order valence-electron chi connectivity index (χ4n) is 2.39. The molecule has 1 fully saturated rings. The Bertz CT molecular complexity index is 379. The molecule has 18 heavy (non-hydrogen) atoms. The SMILES string of the molecule is CCNc1ccnc(NC(CC)C2CC(O)C2)n1. The van der Waals surface area contributed by atoms with Gasteiger partial charge in [-0.25, -0.2) is 4.98 Å². The highest BCUT2D eigenvalue weighted by atomic mass is 16.3. The molecule has 1 unspecified atom stereocenters. The summed E-state index contributed by atoms with van der Waals surface area (Å²) in [6, 6.07) is 2.22. The minimum atomic E-state index is -0.111. The minimum Gasteiger partial charge on any atom is -0.393 e. The van der Waals surface area contributed by atoms with Gasteiger partial charge in [0, 0.05) is 18.8 Å². The molecule has 1 aromatic rings. The van der Waals surface area contributed by atoms with Gasteiger partial charge >= 0.3 is 0 Å². The zero-order valence-corrected chi connectivity index (χ0v) is 11.1. The zero-order chi connectivity index (χ0) is 13.0. The molecule has 1 atom stereocenters. The molecule has 0 aromatic carbocycles. The summed E-state index contributed by atoms with van der Waals surface area (Å²) in [4.78, 5) is 8.66. The smallest absolute Gasteiger partial charge is 0.224 e. The molecular weight excluding hydrogens is 228 g/mol. The normalized spacial score (nSPS) is 24.2. The van der Waals surface area contributed by atoms with Crippen molar-refractivity contribution in [2.75, 3.05) is 17.2 Å². The van der Waals surface area contributed by atoms with E-state index in [1.165, 1.54) is 0 Å². The standard InChI is InChI=1S/C13H22N4O/c1-3-11(9-7-10(18)8-9)16-13-15-6-5-12(17-13)14-4-2/h5-6,9-11,18H,3-4,7-8H2,1-2H3,(H2,14,15,16,17). The average molecular weight is 250 g/mol. The minimum absolute atomic E-state index is 0.111. The number of hydrogen-bond acceptors (Lipinski definition) is 5. The summed E-state index contributed by atoms with van der Waals surface area (Å²) in [5, 5.41) is 15.9. The van der Waals surface area contributed by atoms with Crippen molar-refractivity contribution in [1.29, 1.82) is 0 Å². The maximum absolute atomic E-state index is 9.37. The van der Waals surface area contributed by atoms with Crippen LogP contribution in [0.5, 0.6) is 0 Å². The summed E-state index contributed by atoms with van der Waals surface area (Å²) in [5.74, 6) is 2.05. The van der Waals surface area contributed by atoms with Crippen LogP contribution in [-0.4, -0.2) is 33.8 Å². The van der Waals surface area contributed by atoms with Gasteiger partial charge in [0.15, 0.2) is 0 Å². The Morgan fingerprint density at radius 2 is 2.22 bits per heavy atom. The van der Waals surface area contributed by atoms with Crippen molar-refractivity contribution in [1.82, 2.24) is 9.97 Å². The molecule has 0 spiro atoms. The Morgan fingerprint density at radius 1 is 1.44 bits per heavy atom. The van der Waals surface area contributed by atoms with Crippen LogP contribution >= 0.6 is 0 Å². The second-order valence-corrected chi connectivity index (χ2v) is 4.84. The maximum atomic E-state index is 9.37. The van der Waals surface area contributed by atoms with E-state index in [0.29, 0.717) is 17.9 Å². The van der Waals surface area contributed by atoms with Crippen LogP contribution in [0.2, 0.25) is 0 Å². The predicted octanol–water partition coefficient (Wildman–Crippen LogP) is 1.87. The van der Waals surface area contributed by atoms with Gasteiger partial charge < -0.3 is 15.7 Å². The maximum Gasteiger partial charge on any atom is 0.224 e. The van der Waals surface area contributed by atoms with Crippen LogP contribution in [0, 0.1) is 5.92 Å².